The zero-order valence-corrected chi connectivity index (χ0v) is 11.9. The monoisotopic (exact) mass is 281 g/mol. The number of piperidine rings is 1. The zero-order valence-electron chi connectivity index (χ0n) is 11.9. The van der Waals surface area contributed by atoms with E-state index in [9.17, 15) is 9.18 Å². The van der Waals surface area contributed by atoms with Crippen LogP contribution in [0.4, 0.5) is 10.1 Å². The van der Waals surface area contributed by atoms with E-state index in [1.54, 1.807) is 13.0 Å². The second kappa shape index (κ2) is 6.59. The first-order valence-corrected chi connectivity index (χ1v) is 6.90. The van der Waals surface area contributed by atoms with Crippen molar-refractivity contribution >= 4 is 11.7 Å². The normalized spacial score (nSPS) is 18.8. The van der Waals surface area contributed by atoms with Gasteiger partial charge in [0.25, 0.3) is 0 Å². The maximum absolute atomic E-state index is 13.7. The van der Waals surface area contributed by atoms with Crippen LogP contribution < -0.4 is 9.64 Å². The molecule has 5 heteroatoms. The third-order valence-corrected chi connectivity index (χ3v) is 3.54. The maximum Gasteiger partial charge on any atom is 0.310 e. The molecular weight excluding hydrogens is 261 g/mol. The summed E-state index contributed by atoms with van der Waals surface area (Å²) in [6.07, 6.45) is 1.73. The Bertz CT molecular complexity index is 478. The fraction of sp³-hybridized carbons (Fsp3) is 0.533. The molecule has 0 saturated carbocycles. The number of rotatable bonds is 4. The van der Waals surface area contributed by atoms with E-state index in [1.165, 1.54) is 13.2 Å². The molecule has 0 N–H and O–H groups in total. The largest absolute Gasteiger partial charge is 0.494 e. The summed E-state index contributed by atoms with van der Waals surface area (Å²) in [5, 5.41) is 0. The van der Waals surface area contributed by atoms with Gasteiger partial charge in [0.15, 0.2) is 11.6 Å². The first kappa shape index (κ1) is 14.6. The number of halogens is 1. The molecule has 1 aliphatic heterocycles. The quantitative estimate of drug-likeness (QED) is 0.795. The minimum atomic E-state index is -0.386. The fourth-order valence-electron chi connectivity index (χ4n) is 2.52. The molecule has 2 rings (SSSR count). The molecule has 4 nitrogen and oxygen atoms in total. The number of carbonyl (C=O) groups is 1. The van der Waals surface area contributed by atoms with Crippen LogP contribution >= 0.6 is 0 Å². The third-order valence-electron chi connectivity index (χ3n) is 3.54. The number of benzene rings is 1. The van der Waals surface area contributed by atoms with E-state index in [4.69, 9.17) is 9.47 Å². The van der Waals surface area contributed by atoms with Gasteiger partial charge in [-0.2, -0.15) is 0 Å². The summed E-state index contributed by atoms with van der Waals surface area (Å²) >= 11 is 0. The van der Waals surface area contributed by atoms with Gasteiger partial charge in [-0.3, -0.25) is 4.79 Å². The predicted octanol–water partition coefficient (Wildman–Crippen LogP) is 2.61. The lowest BCUT2D eigenvalue weighted by atomic mass is 9.97. The SMILES string of the molecule is CCOC(=O)C1CCCN(c2ccc(OC)c(F)c2)C1. The van der Waals surface area contributed by atoms with Gasteiger partial charge in [0.05, 0.1) is 19.6 Å². The van der Waals surface area contributed by atoms with Crippen molar-refractivity contribution in [3.8, 4) is 5.75 Å². The van der Waals surface area contributed by atoms with Crippen LogP contribution in [0.15, 0.2) is 18.2 Å². The van der Waals surface area contributed by atoms with Crippen molar-refractivity contribution in [2.45, 2.75) is 19.8 Å². The second-order valence-electron chi connectivity index (χ2n) is 4.86. The molecule has 1 saturated heterocycles. The fourth-order valence-corrected chi connectivity index (χ4v) is 2.52. The molecule has 1 aliphatic rings. The summed E-state index contributed by atoms with van der Waals surface area (Å²) in [6.45, 7) is 3.59. The number of nitrogens with zero attached hydrogens (tertiary/aromatic N) is 1. The molecule has 1 atom stereocenters. The van der Waals surface area contributed by atoms with Crippen molar-refractivity contribution in [1.29, 1.82) is 0 Å². The van der Waals surface area contributed by atoms with Crippen molar-refractivity contribution < 1.29 is 18.7 Å². The first-order valence-electron chi connectivity index (χ1n) is 6.90. The highest BCUT2D eigenvalue weighted by molar-refractivity contribution is 5.73. The van der Waals surface area contributed by atoms with Crippen molar-refractivity contribution in [2.24, 2.45) is 5.92 Å². The Hall–Kier alpha value is -1.78. The molecule has 1 fully saturated rings. The average Bonchev–Trinajstić information content (AvgIpc) is 2.47. The zero-order chi connectivity index (χ0) is 14.5. The molecule has 1 unspecified atom stereocenters. The predicted molar refractivity (Wildman–Crippen MR) is 74.5 cm³/mol. The lowest BCUT2D eigenvalue weighted by molar-refractivity contribution is -0.148. The second-order valence-corrected chi connectivity index (χ2v) is 4.86. The Balaban J connectivity index is 2.08. The number of ether oxygens (including phenoxy) is 2. The van der Waals surface area contributed by atoms with E-state index in [1.807, 2.05) is 11.0 Å². The van der Waals surface area contributed by atoms with Crippen molar-refractivity contribution in [2.75, 3.05) is 31.7 Å². The van der Waals surface area contributed by atoms with Gasteiger partial charge in [0.1, 0.15) is 0 Å². The minimum Gasteiger partial charge on any atom is -0.494 e. The Kier molecular flexibility index (Phi) is 4.82. The molecule has 1 aromatic carbocycles. The summed E-state index contributed by atoms with van der Waals surface area (Å²) in [6, 6.07) is 4.88. The van der Waals surface area contributed by atoms with Crippen LogP contribution in [0.5, 0.6) is 5.75 Å². The van der Waals surface area contributed by atoms with E-state index in [0.717, 1.165) is 25.1 Å². The number of carbonyl (C=O) groups excluding carboxylic acids is 1. The van der Waals surface area contributed by atoms with Crippen LogP contribution in [-0.4, -0.2) is 32.8 Å². The van der Waals surface area contributed by atoms with Crippen molar-refractivity contribution in [3.05, 3.63) is 24.0 Å². The van der Waals surface area contributed by atoms with Gasteiger partial charge < -0.3 is 14.4 Å². The van der Waals surface area contributed by atoms with Crippen LogP contribution in [-0.2, 0) is 9.53 Å². The standard InChI is InChI=1S/C15H20FNO3/c1-3-20-15(18)11-5-4-8-17(10-11)12-6-7-14(19-2)13(16)9-12/h6-7,9,11H,3-5,8,10H2,1-2H3. The third kappa shape index (κ3) is 3.21. The van der Waals surface area contributed by atoms with Gasteiger partial charge >= 0.3 is 5.97 Å². The van der Waals surface area contributed by atoms with E-state index in [2.05, 4.69) is 0 Å². The first-order chi connectivity index (χ1) is 9.65. The van der Waals surface area contributed by atoms with Gasteiger partial charge in [0, 0.05) is 24.8 Å². The number of anilines is 1. The molecule has 0 radical (unpaired) electrons. The van der Waals surface area contributed by atoms with E-state index < -0.39 is 0 Å². The summed E-state index contributed by atoms with van der Waals surface area (Å²) in [5.74, 6) is -0.448. The molecular formula is C15H20FNO3. The van der Waals surface area contributed by atoms with Gasteiger partial charge in [-0.05, 0) is 31.9 Å². The molecule has 0 aliphatic carbocycles. The van der Waals surface area contributed by atoms with Crippen LogP contribution in [0.25, 0.3) is 0 Å². The topological polar surface area (TPSA) is 38.8 Å². The highest BCUT2D eigenvalue weighted by Crippen LogP contribution is 2.27. The van der Waals surface area contributed by atoms with Gasteiger partial charge in [-0.25, -0.2) is 4.39 Å². The molecule has 1 aromatic rings. The summed E-state index contributed by atoms with van der Waals surface area (Å²) in [7, 11) is 1.44. The maximum atomic E-state index is 13.7. The van der Waals surface area contributed by atoms with E-state index in [0.29, 0.717) is 13.2 Å². The number of hydrogen-bond acceptors (Lipinski definition) is 4. The van der Waals surface area contributed by atoms with Crippen molar-refractivity contribution in [1.82, 2.24) is 0 Å². The van der Waals surface area contributed by atoms with Crippen LogP contribution in [0.3, 0.4) is 0 Å². The molecule has 0 spiro atoms. The Morgan fingerprint density at radius 1 is 1.50 bits per heavy atom. The molecule has 0 aromatic heterocycles. The summed E-state index contributed by atoms with van der Waals surface area (Å²) in [4.78, 5) is 13.8. The Morgan fingerprint density at radius 2 is 2.30 bits per heavy atom. The van der Waals surface area contributed by atoms with Crippen molar-refractivity contribution in [3.63, 3.8) is 0 Å². The number of methoxy groups -OCH3 is 1. The summed E-state index contributed by atoms with van der Waals surface area (Å²) < 4.78 is 23.7. The molecule has 110 valence electrons. The average molecular weight is 281 g/mol. The van der Waals surface area contributed by atoms with Gasteiger partial charge in [0.2, 0.25) is 0 Å². The highest BCUT2D eigenvalue weighted by Gasteiger charge is 2.27. The van der Waals surface area contributed by atoms with E-state index >= 15 is 0 Å². The minimum absolute atomic E-state index is 0.131. The molecule has 1 heterocycles. The molecule has 20 heavy (non-hydrogen) atoms. The Labute approximate surface area is 118 Å². The number of esters is 1. The molecule has 0 bridgehead atoms. The Morgan fingerprint density at radius 3 is 2.95 bits per heavy atom. The summed E-state index contributed by atoms with van der Waals surface area (Å²) in [5.41, 5.74) is 0.775. The van der Waals surface area contributed by atoms with Gasteiger partial charge in [-0.15, -0.1) is 0 Å². The number of hydrogen-bond donors (Lipinski definition) is 0. The van der Waals surface area contributed by atoms with Gasteiger partial charge in [-0.1, -0.05) is 0 Å². The van der Waals surface area contributed by atoms with Crippen LogP contribution in [0.1, 0.15) is 19.8 Å². The highest BCUT2D eigenvalue weighted by atomic mass is 19.1. The van der Waals surface area contributed by atoms with E-state index in [-0.39, 0.29) is 23.5 Å². The lowest BCUT2D eigenvalue weighted by Gasteiger charge is -2.33. The lowest BCUT2D eigenvalue weighted by Crippen LogP contribution is -2.39. The van der Waals surface area contributed by atoms with Crippen LogP contribution in [0.2, 0.25) is 0 Å². The van der Waals surface area contributed by atoms with Crippen LogP contribution in [0, 0.1) is 11.7 Å². The smallest absolute Gasteiger partial charge is 0.310 e. The molecule has 0 amide bonds.